The minimum Gasteiger partial charge on any atom is -0.339 e. The summed E-state index contributed by atoms with van der Waals surface area (Å²) in [5.41, 5.74) is 0.221. The number of nitro groups is 1. The van der Waals surface area contributed by atoms with Crippen molar-refractivity contribution in [3.05, 3.63) is 38.9 Å². The van der Waals surface area contributed by atoms with Crippen molar-refractivity contribution in [1.29, 1.82) is 0 Å². The molecule has 1 aromatic rings. The highest BCUT2D eigenvalue weighted by atomic mass is 35.5. The van der Waals surface area contributed by atoms with Gasteiger partial charge in [0.1, 0.15) is 0 Å². The molecule has 0 bridgehead atoms. The molecule has 0 saturated carbocycles. The number of hydrogen-bond donors (Lipinski definition) is 1. The van der Waals surface area contributed by atoms with Crippen molar-refractivity contribution in [1.82, 2.24) is 10.2 Å². The van der Waals surface area contributed by atoms with Crippen molar-refractivity contribution < 1.29 is 9.72 Å². The molecule has 1 aliphatic rings. The molecule has 1 N–H and O–H groups in total. The van der Waals surface area contributed by atoms with Gasteiger partial charge in [-0.15, -0.1) is 0 Å². The first-order chi connectivity index (χ1) is 10.0. The molecular formula is C14H18ClN3O3. The number of likely N-dealkylation sites (tertiary alicyclic amines) is 1. The molecule has 1 aromatic carbocycles. The van der Waals surface area contributed by atoms with E-state index in [1.165, 1.54) is 18.2 Å². The highest BCUT2D eigenvalue weighted by Gasteiger charge is 2.25. The van der Waals surface area contributed by atoms with E-state index in [1.54, 1.807) is 4.90 Å². The molecule has 0 spiro atoms. The van der Waals surface area contributed by atoms with Crippen LogP contribution in [0.5, 0.6) is 0 Å². The molecule has 0 unspecified atom stereocenters. The molecule has 0 aliphatic carbocycles. The summed E-state index contributed by atoms with van der Waals surface area (Å²) in [6.07, 6.45) is 1.91. The van der Waals surface area contributed by atoms with E-state index in [0.29, 0.717) is 24.6 Å². The smallest absolute Gasteiger partial charge is 0.270 e. The maximum absolute atomic E-state index is 12.4. The predicted molar refractivity (Wildman–Crippen MR) is 80.7 cm³/mol. The number of nitrogens with zero attached hydrogens (tertiary/aromatic N) is 2. The van der Waals surface area contributed by atoms with Crippen LogP contribution < -0.4 is 5.32 Å². The van der Waals surface area contributed by atoms with Crippen LogP contribution >= 0.6 is 11.6 Å². The molecule has 0 atom stereocenters. The normalized spacial score (nSPS) is 16.0. The zero-order chi connectivity index (χ0) is 15.4. The average Bonchev–Trinajstić information content (AvgIpc) is 2.47. The molecule has 1 aliphatic heterocycles. The Morgan fingerprint density at radius 2 is 2.14 bits per heavy atom. The third-order valence-electron chi connectivity index (χ3n) is 3.79. The van der Waals surface area contributed by atoms with Gasteiger partial charge >= 0.3 is 0 Å². The van der Waals surface area contributed by atoms with E-state index in [1.807, 2.05) is 7.05 Å². The van der Waals surface area contributed by atoms with E-state index in [2.05, 4.69) is 5.32 Å². The number of carbonyl (C=O) groups excluding carboxylic acids is 1. The van der Waals surface area contributed by atoms with Crippen LogP contribution in [0.25, 0.3) is 0 Å². The van der Waals surface area contributed by atoms with Crippen LogP contribution in [-0.4, -0.2) is 42.4 Å². The summed E-state index contributed by atoms with van der Waals surface area (Å²) in [6, 6.07) is 3.97. The van der Waals surface area contributed by atoms with Crippen molar-refractivity contribution >= 4 is 23.2 Å². The van der Waals surface area contributed by atoms with E-state index in [-0.39, 0.29) is 16.6 Å². The fourth-order valence-corrected chi connectivity index (χ4v) is 2.85. The Morgan fingerprint density at radius 1 is 1.48 bits per heavy atom. The van der Waals surface area contributed by atoms with Gasteiger partial charge in [-0.05, 0) is 38.4 Å². The summed E-state index contributed by atoms with van der Waals surface area (Å²) in [7, 11) is 1.92. The van der Waals surface area contributed by atoms with Crippen LogP contribution in [-0.2, 0) is 0 Å². The second kappa shape index (κ2) is 6.87. The largest absolute Gasteiger partial charge is 0.339 e. The molecular weight excluding hydrogens is 294 g/mol. The molecule has 0 aromatic heterocycles. The Kier molecular flexibility index (Phi) is 5.14. The van der Waals surface area contributed by atoms with E-state index in [4.69, 9.17) is 11.6 Å². The van der Waals surface area contributed by atoms with E-state index < -0.39 is 4.92 Å². The number of nitrogens with one attached hydrogen (secondary N) is 1. The topological polar surface area (TPSA) is 75.5 Å². The quantitative estimate of drug-likeness (QED) is 0.684. The van der Waals surface area contributed by atoms with Gasteiger partial charge in [-0.25, -0.2) is 0 Å². The van der Waals surface area contributed by atoms with Crippen molar-refractivity contribution in [2.24, 2.45) is 5.92 Å². The summed E-state index contributed by atoms with van der Waals surface area (Å²) in [4.78, 5) is 24.3. The van der Waals surface area contributed by atoms with Crippen molar-refractivity contribution in [3.8, 4) is 0 Å². The first-order valence-corrected chi connectivity index (χ1v) is 7.28. The number of nitro benzene ring substituents is 1. The molecule has 0 radical (unpaired) electrons. The Hall–Kier alpha value is -1.66. The number of hydrogen-bond acceptors (Lipinski definition) is 4. The molecule has 7 heteroatoms. The van der Waals surface area contributed by atoms with E-state index >= 15 is 0 Å². The minimum atomic E-state index is -0.524. The van der Waals surface area contributed by atoms with Crippen LogP contribution in [0.1, 0.15) is 23.2 Å². The van der Waals surface area contributed by atoms with Gasteiger partial charge < -0.3 is 10.2 Å². The van der Waals surface area contributed by atoms with Gasteiger partial charge in [0.25, 0.3) is 11.6 Å². The molecule has 21 heavy (non-hydrogen) atoms. The van der Waals surface area contributed by atoms with E-state index in [9.17, 15) is 14.9 Å². The summed E-state index contributed by atoms with van der Waals surface area (Å²) < 4.78 is 0. The number of amides is 1. The van der Waals surface area contributed by atoms with Crippen molar-refractivity contribution in [2.75, 3.05) is 26.7 Å². The monoisotopic (exact) mass is 311 g/mol. The number of non-ortho nitro benzene ring substituents is 1. The standard InChI is InChI=1S/C14H18ClN3O3/c1-16-9-10-4-6-17(7-5-10)14(19)12-3-2-11(18(20)21)8-13(12)15/h2-3,8,10,16H,4-7,9H2,1H3. The van der Waals surface area contributed by atoms with Crippen LogP contribution in [0.2, 0.25) is 5.02 Å². The summed E-state index contributed by atoms with van der Waals surface area (Å²) >= 11 is 6.00. The van der Waals surface area contributed by atoms with Gasteiger partial charge in [-0.3, -0.25) is 14.9 Å². The Morgan fingerprint density at radius 3 is 2.67 bits per heavy atom. The molecule has 1 amide bonds. The number of rotatable bonds is 4. The zero-order valence-corrected chi connectivity index (χ0v) is 12.6. The maximum Gasteiger partial charge on any atom is 0.270 e. The summed E-state index contributed by atoms with van der Waals surface area (Å²) in [5, 5.41) is 14.0. The van der Waals surface area contributed by atoms with Gasteiger partial charge in [0.05, 0.1) is 15.5 Å². The fourth-order valence-electron chi connectivity index (χ4n) is 2.59. The van der Waals surface area contributed by atoms with Gasteiger partial charge in [0.2, 0.25) is 0 Å². The van der Waals surface area contributed by atoms with Crippen molar-refractivity contribution in [3.63, 3.8) is 0 Å². The first-order valence-electron chi connectivity index (χ1n) is 6.90. The SMILES string of the molecule is CNCC1CCN(C(=O)c2ccc([N+](=O)[O-])cc2Cl)CC1. The van der Waals surface area contributed by atoms with Crippen LogP contribution in [0, 0.1) is 16.0 Å². The summed E-state index contributed by atoms with van der Waals surface area (Å²) in [5.74, 6) is 0.434. The Bertz CT molecular complexity index is 542. The van der Waals surface area contributed by atoms with Gasteiger partial charge in [0.15, 0.2) is 0 Å². The van der Waals surface area contributed by atoms with E-state index in [0.717, 1.165) is 19.4 Å². The molecule has 114 valence electrons. The van der Waals surface area contributed by atoms with Crippen LogP contribution in [0.3, 0.4) is 0 Å². The highest BCUT2D eigenvalue weighted by Crippen LogP contribution is 2.25. The highest BCUT2D eigenvalue weighted by molar-refractivity contribution is 6.34. The third kappa shape index (κ3) is 3.71. The second-order valence-electron chi connectivity index (χ2n) is 5.21. The Balaban J connectivity index is 2.06. The molecule has 1 heterocycles. The van der Waals surface area contributed by atoms with Gasteiger partial charge in [-0.2, -0.15) is 0 Å². The average molecular weight is 312 g/mol. The fraction of sp³-hybridized carbons (Fsp3) is 0.500. The van der Waals surface area contributed by atoms with Crippen molar-refractivity contribution in [2.45, 2.75) is 12.8 Å². The lowest BCUT2D eigenvalue weighted by atomic mass is 9.96. The number of benzene rings is 1. The number of piperidine rings is 1. The van der Waals surface area contributed by atoms with Crippen LogP contribution in [0.15, 0.2) is 18.2 Å². The zero-order valence-electron chi connectivity index (χ0n) is 11.8. The first kappa shape index (κ1) is 15.7. The second-order valence-corrected chi connectivity index (χ2v) is 5.62. The molecule has 2 rings (SSSR count). The molecule has 6 nitrogen and oxygen atoms in total. The number of carbonyl (C=O) groups is 1. The molecule has 1 saturated heterocycles. The maximum atomic E-state index is 12.4. The lowest BCUT2D eigenvalue weighted by Crippen LogP contribution is -2.40. The lowest BCUT2D eigenvalue weighted by molar-refractivity contribution is -0.384. The van der Waals surface area contributed by atoms with Crippen LogP contribution in [0.4, 0.5) is 5.69 Å². The Labute approximate surface area is 128 Å². The lowest BCUT2D eigenvalue weighted by Gasteiger charge is -2.32. The molecule has 1 fully saturated rings. The van der Waals surface area contributed by atoms with Gasteiger partial charge in [-0.1, -0.05) is 11.6 Å². The number of halogens is 1. The third-order valence-corrected chi connectivity index (χ3v) is 4.10. The minimum absolute atomic E-state index is 0.107. The predicted octanol–water partition coefficient (Wildman–Crippen LogP) is 2.32. The summed E-state index contributed by atoms with van der Waals surface area (Å²) in [6.45, 7) is 2.34. The van der Waals surface area contributed by atoms with Gasteiger partial charge in [0, 0.05) is 25.2 Å².